The smallest absolute Gasteiger partial charge is 0.217 e. The average molecular weight is 721 g/mol. The zero-order valence-electron chi connectivity index (χ0n) is 29.5. The molecule has 270 valence electrons. The van der Waals surface area contributed by atoms with Gasteiger partial charge in [0.1, 0.15) is 39.6 Å². The molecule has 0 N–H and O–H groups in total. The molecular weight excluding hydrogens is 684 g/mol. The molecule has 12 heteroatoms. The number of aliphatic imine (C=N–C) groups is 6. The number of ether oxygens (including phenoxy) is 6. The molecule has 0 bridgehead atoms. The van der Waals surface area contributed by atoms with E-state index in [4.69, 9.17) is 43.4 Å². The van der Waals surface area contributed by atoms with E-state index < -0.39 is 0 Å². The second-order valence-electron chi connectivity index (χ2n) is 13.2. The summed E-state index contributed by atoms with van der Waals surface area (Å²) in [6.07, 6.45) is 0. The van der Waals surface area contributed by atoms with E-state index in [2.05, 4.69) is 51.4 Å². The highest BCUT2D eigenvalue weighted by atomic mass is 16.5. The van der Waals surface area contributed by atoms with Crippen molar-refractivity contribution in [2.45, 2.75) is 0 Å². The second-order valence-corrected chi connectivity index (χ2v) is 13.2. The molecule has 4 aromatic carbocycles. The van der Waals surface area contributed by atoms with E-state index in [1.165, 1.54) is 0 Å². The van der Waals surface area contributed by atoms with Gasteiger partial charge in [-0.3, -0.25) is 0 Å². The van der Waals surface area contributed by atoms with Crippen molar-refractivity contribution in [3.8, 4) is 33.4 Å². The number of hydrogen-bond donors (Lipinski definition) is 0. The molecule has 54 heavy (non-hydrogen) atoms. The molecule has 10 rings (SSSR count). The maximum atomic E-state index is 6.41. The van der Waals surface area contributed by atoms with E-state index in [0.29, 0.717) is 114 Å². The molecular formula is C42H36N6O6. The van der Waals surface area contributed by atoms with Crippen molar-refractivity contribution in [1.82, 2.24) is 0 Å². The van der Waals surface area contributed by atoms with E-state index in [1.54, 1.807) is 0 Å². The summed E-state index contributed by atoms with van der Waals surface area (Å²) < 4.78 is 36.7. The highest BCUT2D eigenvalue weighted by molar-refractivity contribution is 6.23. The molecule has 6 aliphatic heterocycles. The van der Waals surface area contributed by atoms with Gasteiger partial charge in [-0.05, 0) is 53.1 Å². The Morgan fingerprint density at radius 1 is 0.241 bits per heavy atom. The van der Waals surface area contributed by atoms with Crippen LogP contribution in [-0.4, -0.2) is 114 Å². The normalized spacial score (nSPS) is 18.7. The Kier molecular flexibility index (Phi) is 8.34. The van der Waals surface area contributed by atoms with Gasteiger partial charge in [0.05, 0.1) is 56.0 Å². The van der Waals surface area contributed by atoms with Gasteiger partial charge in [-0.2, -0.15) is 0 Å². The van der Waals surface area contributed by atoms with Crippen LogP contribution in [0.2, 0.25) is 0 Å². The molecule has 0 saturated heterocycles. The van der Waals surface area contributed by atoms with Crippen LogP contribution in [0.25, 0.3) is 33.4 Å². The number of hydrogen-bond acceptors (Lipinski definition) is 12. The van der Waals surface area contributed by atoms with Crippen molar-refractivity contribution in [2.24, 2.45) is 30.0 Å². The van der Waals surface area contributed by atoms with Crippen LogP contribution in [0.1, 0.15) is 33.4 Å². The van der Waals surface area contributed by atoms with Gasteiger partial charge in [0.25, 0.3) is 0 Å². The quantitative estimate of drug-likeness (QED) is 0.229. The summed E-state index contributed by atoms with van der Waals surface area (Å²) in [6, 6.07) is 24.9. The fourth-order valence-corrected chi connectivity index (χ4v) is 7.58. The van der Waals surface area contributed by atoms with E-state index in [0.717, 1.165) is 66.8 Å². The Balaban J connectivity index is 1.30. The molecule has 12 nitrogen and oxygen atoms in total. The van der Waals surface area contributed by atoms with E-state index in [-0.39, 0.29) is 0 Å². The molecule has 0 spiro atoms. The van der Waals surface area contributed by atoms with Crippen LogP contribution in [0.15, 0.2) is 103 Å². The van der Waals surface area contributed by atoms with Crippen LogP contribution in [0, 0.1) is 0 Å². The van der Waals surface area contributed by atoms with Crippen molar-refractivity contribution < 1.29 is 28.4 Å². The second kappa shape index (κ2) is 13.9. The van der Waals surface area contributed by atoms with Crippen molar-refractivity contribution in [3.63, 3.8) is 0 Å². The van der Waals surface area contributed by atoms with E-state index >= 15 is 0 Å². The molecule has 4 aromatic rings. The number of rotatable bonds is 9. The highest BCUT2D eigenvalue weighted by Gasteiger charge is 2.36. The third-order valence-corrected chi connectivity index (χ3v) is 9.92. The van der Waals surface area contributed by atoms with Crippen LogP contribution >= 0.6 is 0 Å². The highest BCUT2D eigenvalue weighted by Crippen LogP contribution is 2.47. The predicted octanol–water partition coefficient (Wildman–Crippen LogP) is 5.35. The summed E-state index contributed by atoms with van der Waals surface area (Å²) in [7, 11) is 0. The van der Waals surface area contributed by atoms with Gasteiger partial charge in [-0.1, -0.05) is 36.4 Å². The van der Waals surface area contributed by atoms with Gasteiger partial charge in [-0.15, -0.1) is 0 Å². The molecule has 6 aliphatic rings. The Morgan fingerprint density at radius 3 is 0.648 bits per heavy atom. The lowest BCUT2D eigenvalue weighted by atomic mass is 9.78. The molecule has 0 saturated carbocycles. The Hall–Kier alpha value is -6.30. The fraction of sp³-hybridized carbons (Fsp3) is 0.286. The van der Waals surface area contributed by atoms with Gasteiger partial charge < -0.3 is 28.4 Å². The lowest BCUT2D eigenvalue weighted by Gasteiger charge is -2.27. The topological polar surface area (TPSA) is 130 Å². The van der Waals surface area contributed by atoms with Crippen LogP contribution in [-0.2, 0) is 28.4 Å². The Bertz CT molecular complexity index is 2040. The summed E-state index contributed by atoms with van der Waals surface area (Å²) >= 11 is 0. The van der Waals surface area contributed by atoms with Crippen LogP contribution in [0.4, 0.5) is 0 Å². The fourth-order valence-electron chi connectivity index (χ4n) is 7.58. The van der Waals surface area contributed by atoms with Gasteiger partial charge in [0.15, 0.2) is 0 Å². The SMILES string of the molecule is c1cc(-c2c(C3=NCCO3)c(-c3ccc(C4=NCCO4)cc3)c(C3=NCCO3)c(-c3ccc(C4=NCCO4)cc3)c2C2=NCCO2)ccc1C1=NCCO1. The predicted molar refractivity (Wildman–Crippen MR) is 207 cm³/mol. The first-order chi connectivity index (χ1) is 26.8. The summed E-state index contributed by atoms with van der Waals surface area (Å²) in [4.78, 5) is 28.6. The molecule has 6 heterocycles. The Labute approximate surface area is 311 Å². The van der Waals surface area contributed by atoms with Crippen molar-refractivity contribution in [1.29, 1.82) is 0 Å². The zero-order valence-corrected chi connectivity index (χ0v) is 29.5. The minimum absolute atomic E-state index is 0.467. The maximum absolute atomic E-state index is 6.41. The van der Waals surface area contributed by atoms with E-state index in [1.807, 2.05) is 36.4 Å². The molecule has 0 atom stereocenters. The third-order valence-electron chi connectivity index (χ3n) is 9.92. The average Bonchev–Trinajstić information content (AvgIpc) is 4.08. The van der Waals surface area contributed by atoms with Gasteiger partial charge in [0.2, 0.25) is 35.4 Å². The van der Waals surface area contributed by atoms with Gasteiger partial charge >= 0.3 is 0 Å². The summed E-state index contributed by atoms with van der Waals surface area (Å²) in [5.41, 5.74) is 10.6. The first kappa shape index (κ1) is 32.4. The monoisotopic (exact) mass is 720 g/mol. The van der Waals surface area contributed by atoms with Gasteiger partial charge in [0, 0.05) is 33.4 Å². The standard InChI is InChI=1S/C42H36N6O6/c1-7-28(37-43-13-19-49-37)8-2-25(1)31-34(40-46-16-22-52-40)32(26-3-9-29(10-4-26)38-44-14-20-50-38)36(42-48-18-24-54-42)33(35(31)41-47-17-23-53-41)27-5-11-30(12-6-27)39-45-15-21-51-39/h1-12H,13-24H2. The minimum atomic E-state index is 0.467. The van der Waals surface area contributed by atoms with Crippen molar-refractivity contribution in [3.05, 3.63) is 106 Å². The molecule has 0 radical (unpaired) electrons. The molecule has 0 unspecified atom stereocenters. The first-order valence-corrected chi connectivity index (χ1v) is 18.4. The van der Waals surface area contributed by atoms with Crippen LogP contribution in [0.5, 0.6) is 0 Å². The van der Waals surface area contributed by atoms with Crippen LogP contribution < -0.4 is 0 Å². The lowest BCUT2D eigenvalue weighted by Crippen LogP contribution is -2.19. The van der Waals surface area contributed by atoms with Crippen molar-refractivity contribution in [2.75, 3.05) is 78.9 Å². The third kappa shape index (κ3) is 5.78. The van der Waals surface area contributed by atoms with E-state index in [9.17, 15) is 0 Å². The zero-order chi connectivity index (χ0) is 35.8. The molecule has 0 aliphatic carbocycles. The summed E-state index contributed by atoms with van der Waals surface area (Å²) in [5.74, 6) is 3.56. The van der Waals surface area contributed by atoms with Gasteiger partial charge in [-0.25, -0.2) is 30.0 Å². The number of nitrogens with zero attached hydrogens (tertiary/aromatic N) is 6. The maximum Gasteiger partial charge on any atom is 0.217 e. The molecule has 0 fully saturated rings. The molecule has 0 amide bonds. The first-order valence-electron chi connectivity index (χ1n) is 18.4. The number of benzene rings is 4. The minimum Gasteiger partial charge on any atom is -0.476 e. The summed E-state index contributed by atoms with van der Waals surface area (Å²) in [6.45, 7) is 6.70. The molecule has 0 aromatic heterocycles. The summed E-state index contributed by atoms with van der Waals surface area (Å²) in [5, 5.41) is 0. The Morgan fingerprint density at radius 2 is 0.444 bits per heavy atom. The van der Waals surface area contributed by atoms with Crippen molar-refractivity contribution >= 4 is 35.4 Å². The van der Waals surface area contributed by atoms with Crippen LogP contribution in [0.3, 0.4) is 0 Å². The lowest BCUT2D eigenvalue weighted by molar-refractivity contribution is 0.346. The largest absolute Gasteiger partial charge is 0.476 e.